The number of morpholine rings is 1. The van der Waals surface area contributed by atoms with Crippen LogP contribution in [0.5, 0.6) is 0 Å². The van der Waals surface area contributed by atoms with Crippen LogP contribution in [-0.4, -0.2) is 52.1 Å². The first-order valence-corrected chi connectivity index (χ1v) is 6.91. The van der Waals surface area contributed by atoms with E-state index in [9.17, 15) is 14.4 Å². The van der Waals surface area contributed by atoms with Gasteiger partial charge in [0, 0.05) is 25.4 Å². The third-order valence-corrected chi connectivity index (χ3v) is 3.29. The van der Waals surface area contributed by atoms with Crippen LogP contribution in [-0.2, 0) is 4.74 Å². The van der Waals surface area contributed by atoms with E-state index in [1.807, 2.05) is 9.88 Å². The summed E-state index contributed by atoms with van der Waals surface area (Å²) in [7, 11) is 0. The van der Waals surface area contributed by atoms with Gasteiger partial charge in [-0.15, -0.1) is 0 Å². The second-order valence-corrected chi connectivity index (χ2v) is 4.80. The molecule has 0 atom stereocenters. The lowest BCUT2D eigenvalue weighted by molar-refractivity contribution is 0.102. The lowest BCUT2D eigenvalue weighted by atomic mass is 10.3. The number of anilines is 2. The summed E-state index contributed by atoms with van der Waals surface area (Å²) < 4.78 is 5.27. The van der Waals surface area contributed by atoms with Crippen LogP contribution in [0.15, 0.2) is 28.2 Å². The molecule has 0 unspecified atom stereocenters. The van der Waals surface area contributed by atoms with Crippen LogP contribution < -0.4 is 21.5 Å². The standard InChI is InChI=1S/C13H14N6O4/c20-11(8-6-14-13(22)18-12(8)21)17-9-5-10(16-7-15-9)19-1-3-23-4-2-19/h5-7H,1-4H2,(H2,14,18,21,22)(H,15,16,17,20). The van der Waals surface area contributed by atoms with E-state index in [1.165, 1.54) is 6.33 Å². The van der Waals surface area contributed by atoms with Crippen molar-refractivity contribution < 1.29 is 9.53 Å². The minimum Gasteiger partial charge on any atom is -0.378 e. The highest BCUT2D eigenvalue weighted by Gasteiger charge is 2.15. The highest BCUT2D eigenvalue weighted by molar-refractivity contribution is 6.03. The number of aromatic nitrogens is 4. The van der Waals surface area contributed by atoms with Crippen LogP contribution >= 0.6 is 0 Å². The monoisotopic (exact) mass is 318 g/mol. The van der Waals surface area contributed by atoms with Gasteiger partial charge in [0.1, 0.15) is 23.5 Å². The van der Waals surface area contributed by atoms with Gasteiger partial charge in [0.15, 0.2) is 0 Å². The van der Waals surface area contributed by atoms with Crippen LogP contribution in [0, 0.1) is 0 Å². The van der Waals surface area contributed by atoms with Crippen molar-refractivity contribution in [1.29, 1.82) is 0 Å². The van der Waals surface area contributed by atoms with Crippen LogP contribution in [0.3, 0.4) is 0 Å². The van der Waals surface area contributed by atoms with Gasteiger partial charge in [0.25, 0.3) is 11.5 Å². The molecule has 1 amide bonds. The maximum atomic E-state index is 12.1. The van der Waals surface area contributed by atoms with Crippen molar-refractivity contribution in [2.75, 3.05) is 36.5 Å². The van der Waals surface area contributed by atoms with E-state index in [0.717, 1.165) is 6.20 Å². The molecular formula is C13H14N6O4. The minimum absolute atomic E-state index is 0.212. The van der Waals surface area contributed by atoms with Crippen molar-refractivity contribution in [3.05, 3.63) is 45.0 Å². The molecule has 3 heterocycles. The Bertz CT molecular complexity index is 823. The number of aromatic amines is 2. The Hall–Kier alpha value is -3.01. The van der Waals surface area contributed by atoms with Gasteiger partial charge in [-0.2, -0.15) is 0 Å². The number of hydrogen-bond acceptors (Lipinski definition) is 7. The lowest BCUT2D eigenvalue weighted by Crippen LogP contribution is -2.36. The first-order chi connectivity index (χ1) is 11.1. The van der Waals surface area contributed by atoms with E-state index in [4.69, 9.17) is 4.74 Å². The summed E-state index contributed by atoms with van der Waals surface area (Å²) in [6.45, 7) is 2.62. The first kappa shape index (κ1) is 14.9. The average Bonchev–Trinajstić information content (AvgIpc) is 2.56. The number of rotatable bonds is 3. The number of carbonyl (C=O) groups excluding carboxylic acids is 1. The van der Waals surface area contributed by atoms with E-state index in [2.05, 4.69) is 20.3 Å². The molecule has 3 rings (SSSR count). The maximum Gasteiger partial charge on any atom is 0.325 e. The average molecular weight is 318 g/mol. The number of hydrogen-bond donors (Lipinski definition) is 3. The third kappa shape index (κ3) is 3.43. The smallest absolute Gasteiger partial charge is 0.325 e. The van der Waals surface area contributed by atoms with Crippen LogP contribution in [0.25, 0.3) is 0 Å². The molecule has 120 valence electrons. The van der Waals surface area contributed by atoms with Crippen LogP contribution in [0.2, 0.25) is 0 Å². The van der Waals surface area contributed by atoms with Gasteiger partial charge in [0.2, 0.25) is 0 Å². The molecule has 10 nitrogen and oxygen atoms in total. The summed E-state index contributed by atoms with van der Waals surface area (Å²) >= 11 is 0. The summed E-state index contributed by atoms with van der Waals surface area (Å²) in [4.78, 5) is 49.0. The zero-order valence-electron chi connectivity index (χ0n) is 12.0. The Morgan fingerprint density at radius 3 is 2.78 bits per heavy atom. The zero-order valence-corrected chi connectivity index (χ0v) is 12.0. The van der Waals surface area contributed by atoms with E-state index in [0.29, 0.717) is 32.1 Å². The number of carbonyl (C=O) groups is 1. The fraction of sp³-hybridized carbons (Fsp3) is 0.308. The second-order valence-electron chi connectivity index (χ2n) is 4.80. The summed E-state index contributed by atoms with van der Waals surface area (Å²) in [5, 5.41) is 2.51. The largest absolute Gasteiger partial charge is 0.378 e. The van der Waals surface area contributed by atoms with E-state index in [1.54, 1.807) is 6.07 Å². The van der Waals surface area contributed by atoms with Gasteiger partial charge in [0.05, 0.1) is 13.2 Å². The molecule has 1 aliphatic heterocycles. The van der Waals surface area contributed by atoms with Crippen molar-refractivity contribution in [3.63, 3.8) is 0 Å². The van der Waals surface area contributed by atoms with Crippen molar-refractivity contribution in [1.82, 2.24) is 19.9 Å². The Morgan fingerprint density at radius 2 is 2.04 bits per heavy atom. The zero-order chi connectivity index (χ0) is 16.2. The molecular weight excluding hydrogens is 304 g/mol. The molecule has 2 aromatic rings. The van der Waals surface area contributed by atoms with Crippen LogP contribution in [0.4, 0.5) is 11.6 Å². The number of H-pyrrole nitrogens is 2. The van der Waals surface area contributed by atoms with Gasteiger partial charge < -0.3 is 19.9 Å². The molecule has 1 fully saturated rings. The molecule has 1 aliphatic rings. The number of amides is 1. The topological polar surface area (TPSA) is 133 Å². The van der Waals surface area contributed by atoms with Gasteiger partial charge in [-0.3, -0.25) is 14.6 Å². The molecule has 23 heavy (non-hydrogen) atoms. The fourth-order valence-corrected chi connectivity index (χ4v) is 2.14. The van der Waals surface area contributed by atoms with Gasteiger partial charge in [-0.25, -0.2) is 14.8 Å². The molecule has 2 aromatic heterocycles. The quantitative estimate of drug-likeness (QED) is 0.657. The van der Waals surface area contributed by atoms with E-state index in [-0.39, 0.29) is 11.4 Å². The third-order valence-electron chi connectivity index (χ3n) is 3.29. The van der Waals surface area contributed by atoms with Gasteiger partial charge >= 0.3 is 5.69 Å². The summed E-state index contributed by atoms with van der Waals surface area (Å²) in [6.07, 6.45) is 2.39. The molecule has 0 bridgehead atoms. The molecule has 0 aromatic carbocycles. The Labute approximate surface area is 129 Å². The summed E-state index contributed by atoms with van der Waals surface area (Å²) in [6, 6.07) is 1.61. The number of ether oxygens (including phenoxy) is 1. The van der Waals surface area contributed by atoms with Gasteiger partial charge in [-0.05, 0) is 0 Å². The number of nitrogens with one attached hydrogen (secondary N) is 3. The molecule has 1 saturated heterocycles. The summed E-state index contributed by atoms with van der Waals surface area (Å²) in [5.74, 6) is 0.250. The van der Waals surface area contributed by atoms with E-state index >= 15 is 0 Å². The highest BCUT2D eigenvalue weighted by atomic mass is 16.5. The Balaban J connectivity index is 1.78. The van der Waals surface area contributed by atoms with Crippen molar-refractivity contribution in [2.24, 2.45) is 0 Å². The SMILES string of the molecule is O=C(Nc1cc(N2CCOCC2)ncn1)c1c[nH]c(=O)[nH]c1=O. The molecule has 10 heteroatoms. The van der Waals surface area contributed by atoms with Gasteiger partial charge in [-0.1, -0.05) is 0 Å². The van der Waals surface area contributed by atoms with E-state index < -0.39 is 17.2 Å². The second kappa shape index (κ2) is 6.40. The highest BCUT2D eigenvalue weighted by Crippen LogP contribution is 2.15. The molecule has 0 spiro atoms. The number of nitrogens with zero attached hydrogens (tertiary/aromatic N) is 3. The first-order valence-electron chi connectivity index (χ1n) is 6.91. The predicted molar refractivity (Wildman–Crippen MR) is 80.7 cm³/mol. The molecule has 0 saturated carbocycles. The van der Waals surface area contributed by atoms with Crippen molar-refractivity contribution in [3.8, 4) is 0 Å². The molecule has 3 N–H and O–H groups in total. The lowest BCUT2D eigenvalue weighted by Gasteiger charge is -2.27. The Kier molecular flexibility index (Phi) is 4.15. The predicted octanol–water partition coefficient (Wildman–Crippen LogP) is -1.06. The maximum absolute atomic E-state index is 12.1. The minimum atomic E-state index is -0.770. The van der Waals surface area contributed by atoms with Crippen molar-refractivity contribution >= 4 is 17.5 Å². The van der Waals surface area contributed by atoms with Crippen LogP contribution in [0.1, 0.15) is 10.4 Å². The molecule has 0 radical (unpaired) electrons. The normalized spacial score (nSPS) is 14.5. The summed E-state index contributed by atoms with van der Waals surface area (Å²) in [5.41, 5.74) is -1.66. The van der Waals surface area contributed by atoms with Crippen molar-refractivity contribution in [2.45, 2.75) is 0 Å². The Morgan fingerprint density at radius 1 is 1.26 bits per heavy atom. The molecule has 0 aliphatic carbocycles. The fourth-order valence-electron chi connectivity index (χ4n) is 2.14.